The highest BCUT2D eigenvalue weighted by atomic mass is 16.3. The first-order valence-electron chi connectivity index (χ1n) is 14.5. The van der Waals surface area contributed by atoms with E-state index in [-0.39, 0.29) is 0 Å². The van der Waals surface area contributed by atoms with Gasteiger partial charge in [-0.15, -0.1) is 0 Å². The fourth-order valence-corrected chi connectivity index (χ4v) is 6.37. The van der Waals surface area contributed by atoms with Crippen LogP contribution in [0, 0.1) is 0 Å². The van der Waals surface area contributed by atoms with Crippen LogP contribution in [0.1, 0.15) is 0 Å². The van der Waals surface area contributed by atoms with Crippen LogP contribution in [0.15, 0.2) is 154 Å². The van der Waals surface area contributed by atoms with Gasteiger partial charge in [0.2, 0.25) is 0 Å². The Morgan fingerprint density at radius 3 is 1.53 bits per heavy atom. The Bertz CT molecular complexity index is 2480. The summed E-state index contributed by atoms with van der Waals surface area (Å²) in [6.07, 6.45) is 0. The first kappa shape index (κ1) is 23.9. The number of benzene rings is 7. The third kappa shape index (κ3) is 3.90. The Morgan fingerprint density at radius 2 is 0.884 bits per heavy atom. The lowest BCUT2D eigenvalue weighted by molar-refractivity contribution is 0.669. The minimum absolute atomic E-state index is 0.853. The highest BCUT2D eigenvalue weighted by Crippen LogP contribution is 2.41. The van der Waals surface area contributed by atoms with Crippen molar-refractivity contribution < 1.29 is 8.83 Å². The predicted molar refractivity (Wildman–Crippen MR) is 179 cm³/mol. The molecule has 2 aromatic heterocycles. The topological polar surface area (TPSA) is 38.3 Å². The van der Waals surface area contributed by atoms with E-state index in [0.29, 0.717) is 0 Å². The molecular formula is C40H25NO2. The number of nitrogens with one attached hydrogen (secondary N) is 1. The third-order valence-electron chi connectivity index (χ3n) is 8.45. The number of hydrogen-bond acceptors (Lipinski definition) is 3. The molecule has 0 aliphatic carbocycles. The SMILES string of the molecule is c1ccc(-c2ccc3oc4cccc(Nc5cccc6oc7ccc(-c8ccc9ccccc9c8)cc7c56)c4c3c2)cc1. The zero-order chi connectivity index (χ0) is 28.3. The monoisotopic (exact) mass is 551 g/mol. The molecule has 202 valence electrons. The molecular weight excluding hydrogens is 526 g/mol. The fraction of sp³-hybridized carbons (Fsp3) is 0. The normalized spacial score (nSPS) is 11.7. The Balaban J connectivity index is 1.20. The van der Waals surface area contributed by atoms with Gasteiger partial charge < -0.3 is 14.2 Å². The lowest BCUT2D eigenvalue weighted by atomic mass is 9.99. The molecule has 0 bridgehead atoms. The molecule has 0 aliphatic heterocycles. The molecule has 0 fully saturated rings. The molecule has 0 atom stereocenters. The molecule has 0 amide bonds. The van der Waals surface area contributed by atoms with Gasteiger partial charge in [-0.2, -0.15) is 0 Å². The lowest BCUT2D eigenvalue weighted by Crippen LogP contribution is -1.91. The van der Waals surface area contributed by atoms with Crippen LogP contribution < -0.4 is 5.32 Å². The van der Waals surface area contributed by atoms with E-state index in [0.717, 1.165) is 66.4 Å². The number of rotatable bonds is 4. The van der Waals surface area contributed by atoms with E-state index in [2.05, 4.69) is 121 Å². The van der Waals surface area contributed by atoms with E-state index in [9.17, 15) is 0 Å². The zero-order valence-electron chi connectivity index (χ0n) is 23.2. The van der Waals surface area contributed by atoms with E-state index < -0.39 is 0 Å². The molecule has 3 heteroatoms. The van der Waals surface area contributed by atoms with Gasteiger partial charge in [-0.1, -0.05) is 91.0 Å². The molecule has 2 heterocycles. The van der Waals surface area contributed by atoms with Crippen LogP contribution in [-0.2, 0) is 0 Å². The standard InChI is InChI=1S/C40H25NO2/c1-2-8-25(9-3-1)29-18-20-35-31(23-29)39-33(12-6-14-37(39)42-35)41-34-13-7-15-38-40(34)32-24-30(19-21-36(32)43-38)28-17-16-26-10-4-5-11-27(26)22-28/h1-24,41H. The Kier molecular flexibility index (Phi) is 5.20. The summed E-state index contributed by atoms with van der Waals surface area (Å²) in [5.41, 5.74) is 10.1. The average Bonchev–Trinajstić information content (AvgIpc) is 3.63. The molecule has 3 nitrogen and oxygen atoms in total. The van der Waals surface area contributed by atoms with Gasteiger partial charge in [-0.05, 0) is 87.6 Å². The lowest BCUT2D eigenvalue weighted by Gasteiger charge is -2.10. The average molecular weight is 552 g/mol. The van der Waals surface area contributed by atoms with Gasteiger partial charge in [0.15, 0.2) is 0 Å². The molecule has 0 saturated carbocycles. The summed E-state index contributed by atoms with van der Waals surface area (Å²) in [4.78, 5) is 0. The first-order chi connectivity index (χ1) is 21.3. The second-order valence-electron chi connectivity index (χ2n) is 11.0. The van der Waals surface area contributed by atoms with Crippen molar-refractivity contribution in [3.8, 4) is 22.3 Å². The van der Waals surface area contributed by atoms with Gasteiger partial charge in [0.05, 0.1) is 22.1 Å². The van der Waals surface area contributed by atoms with Crippen molar-refractivity contribution in [2.24, 2.45) is 0 Å². The second kappa shape index (κ2) is 9.37. The van der Waals surface area contributed by atoms with Crippen LogP contribution in [0.3, 0.4) is 0 Å². The van der Waals surface area contributed by atoms with Gasteiger partial charge in [-0.3, -0.25) is 0 Å². The van der Waals surface area contributed by atoms with Gasteiger partial charge in [-0.25, -0.2) is 0 Å². The smallest absolute Gasteiger partial charge is 0.137 e. The summed E-state index contributed by atoms with van der Waals surface area (Å²) < 4.78 is 12.6. The van der Waals surface area contributed by atoms with Gasteiger partial charge in [0, 0.05) is 10.8 Å². The highest BCUT2D eigenvalue weighted by Gasteiger charge is 2.16. The van der Waals surface area contributed by atoms with E-state index >= 15 is 0 Å². The maximum atomic E-state index is 6.34. The molecule has 7 aromatic carbocycles. The molecule has 0 aliphatic rings. The van der Waals surface area contributed by atoms with E-state index in [1.807, 2.05) is 30.3 Å². The molecule has 0 radical (unpaired) electrons. The minimum Gasteiger partial charge on any atom is -0.456 e. The maximum absolute atomic E-state index is 6.34. The summed E-state index contributed by atoms with van der Waals surface area (Å²) in [7, 11) is 0. The van der Waals surface area contributed by atoms with Crippen molar-refractivity contribution in [1.29, 1.82) is 0 Å². The van der Waals surface area contributed by atoms with Crippen LogP contribution in [0.4, 0.5) is 11.4 Å². The van der Waals surface area contributed by atoms with Crippen molar-refractivity contribution >= 4 is 66.0 Å². The molecule has 0 unspecified atom stereocenters. The van der Waals surface area contributed by atoms with E-state index in [1.54, 1.807) is 0 Å². The Labute approximate surface area is 247 Å². The fourth-order valence-electron chi connectivity index (χ4n) is 6.37. The number of furan rings is 2. The van der Waals surface area contributed by atoms with Crippen molar-refractivity contribution in [1.82, 2.24) is 0 Å². The summed E-state index contributed by atoms with van der Waals surface area (Å²) in [6, 6.07) is 50.9. The summed E-state index contributed by atoms with van der Waals surface area (Å²) in [5.74, 6) is 0. The number of anilines is 2. The molecule has 43 heavy (non-hydrogen) atoms. The van der Waals surface area contributed by atoms with Crippen LogP contribution in [0.2, 0.25) is 0 Å². The molecule has 9 aromatic rings. The van der Waals surface area contributed by atoms with Crippen molar-refractivity contribution in [2.75, 3.05) is 5.32 Å². The van der Waals surface area contributed by atoms with Gasteiger partial charge >= 0.3 is 0 Å². The van der Waals surface area contributed by atoms with Crippen molar-refractivity contribution in [3.05, 3.63) is 146 Å². The largest absolute Gasteiger partial charge is 0.456 e. The molecule has 1 N–H and O–H groups in total. The van der Waals surface area contributed by atoms with Crippen molar-refractivity contribution in [3.63, 3.8) is 0 Å². The summed E-state index contributed by atoms with van der Waals surface area (Å²) >= 11 is 0. The maximum Gasteiger partial charge on any atom is 0.137 e. The van der Waals surface area contributed by atoms with Crippen LogP contribution in [0.25, 0.3) is 76.9 Å². The Morgan fingerprint density at radius 1 is 0.349 bits per heavy atom. The number of fused-ring (bicyclic) bond motifs is 7. The summed E-state index contributed by atoms with van der Waals surface area (Å²) in [5, 5.41) is 10.5. The first-order valence-corrected chi connectivity index (χ1v) is 14.5. The third-order valence-corrected chi connectivity index (χ3v) is 8.45. The Hall–Kier alpha value is -5.80. The number of hydrogen-bond donors (Lipinski definition) is 1. The highest BCUT2D eigenvalue weighted by molar-refractivity contribution is 6.16. The van der Waals surface area contributed by atoms with Crippen molar-refractivity contribution in [2.45, 2.75) is 0 Å². The second-order valence-corrected chi connectivity index (χ2v) is 11.0. The molecule has 0 saturated heterocycles. The van der Waals surface area contributed by atoms with E-state index in [1.165, 1.54) is 21.9 Å². The summed E-state index contributed by atoms with van der Waals surface area (Å²) in [6.45, 7) is 0. The quantitative estimate of drug-likeness (QED) is 0.236. The minimum atomic E-state index is 0.853. The molecule has 0 spiro atoms. The predicted octanol–water partition coefficient (Wildman–Crippen LogP) is 11.7. The van der Waals surface area contributed by atoms with Crippen LogP contribution >= 0.6 is 0 Å². The molecule has 9 rings (SSSR count). The zero-order valence-corrected chi connectivity index (χ0v) is 23.2. The van der Waals surface area contributed by atoms with Gasteiger partial charge in [0.1, 0.15) is 22.3 Å². The van der Waals surface area contributed by atoms with E-state index in [4.69, 9.17) is 8.83 Å². The van der Waals surface area contributed by atoms with Gasteiger partial charge in [0.25, 0.3) is 0 Å². The van der Waals surface area contributed by atoms with Crippen LogP contribution in [0.5, 0.6) is 0 Å². The van der Waals surface area contributed by atoms with Crippen LogP contribution in [-0.4, -0.2) is 0 Å².